The lowest BCUT2D eigenvalue weighted by Gasteiger charge is -2.15. The molecular weight excluding hydrogens is 284 g/mol. The predicted octanol–water partition coefficient (Wildman–Crippen LogP) is 2.14. The Labute approximate surface area is 109 Å². The Morgan fingerprint density at radius 1 is 1.29 bits per heavy atom. The molecule has 0 radical (unpaired) electrons. The molecule has 0 heterocycles. The Bertz CT molecular complexity index is 432. The smallest absolute Gasteiger partial charge is 0.250 e. The van der Waals surface area contributed by atoms with Crippen molar-refractivity contribution in [2.45, 2.75) is 18.7 Å². The number of halogens is 1. The largest absolute Gasteiger partial charge is 0.366 e. The summed E-state index contributed by atoms with van der Waals surface area (Å²) >= 11 is 3.30. The first-order valence-corrected chi connectivity index (χ1v) is 6.18. The van der Waals surface area contributed by atoms with E-state index in [0.717, 1.165) is 0 Å². The standard InChI is InChI=1S/C12H15BrN2O2/c1-7(2)10(13)12(17)15-9-6-4-3-5-8(9)11(14)16/h3-7,10H,1-2H3,(H2,14,16)(H,15,17). The molecule has 1 rings (SSSR count). The van der Waals surface area contributed by atoms with Crippen LogP contribution in [0.1, 0.15) is 24.2 Å². The minimum absolute atomic E-state index is 0.163. The Morgan fingerprint density at radius 3 is 2.41 bits per heavy atom. The van der Waals surface area contributed by atoms with E-state index >= 15 is 0 Å². The molecule has 0 saturated carbocycles. The summed E-state index contributed by atoms with van der Waals surface area (Å²) in [5.41, 5.74) is 5.97. The van der Waals surface area contributed by atoms with Crippen molar-refractivity contribution in [2.75, 3.05) is 5.32 Å². The molecule has 0 aliphatic carbocycles. The van der Waals surface area contributed by atoms with Gasteiger partial charge in [-0.25, -0.2) is 0 Å². The molecule has 92 valence electrons. The number of nitrogens with one attached hydrogen (secondary N) is 1. The third-order valence-electron chi connectivity index (χ3n) is 2.29. The molecule has 0 bridgehead atoms. The van der Waals surface area contributed by atoms with Gasteiger partial charge >= 0.3 is 0 Å². The first-order valence-electron chi connectivity index (χ1n) is 5.27. The van der Waals surface area contributed by atoms with E-state index in [-0.39, 0.29) is 16.7 Å². The zero-order chi connectivity index (χ0) is 13.0. The summed E-state index contributed by atoms with van der Waals surface area (Å²) in [4.78, 5) is 22.7. The van der Waals surface area contributed by atoms with Gasteiger partial charge in [0, 0.05) is 0 Å². The number of hydrogen-bond acceptors (Lipinski definition) is 2. The average molecular weight is 299 g/mol. The second-order valence-electron chi connectivity index (χ2n) is 4.04. The number of alkyl halides is 1. The fourth-order valence-corrected chi connectivity index (χ4v) is 1.43. The van der Waals surface area contributed by atoms with Crippen molar-refractivity contribution in [3.8, 4) is 0 Å². The number of rotatable bonds is 4. The van der Waals surface area contributed by atoms with Crippen molar-refractivity contribution in [3.63, 3.8) is 0 Å². The van der Waals surface area contributed by atoms with E-state index in [1.54, 1.807) is 24.3 Å². The summed E-state index contributed by atoms with van der Waals surface area (Å²) < 4.78 is 0. The predicted molar refractivity (Wildman–Crippen MR) is 71.1 cm³/mol. The van der Waals surface area contributed by atoms with Crippen molar-refractivity contribution < 1.29 is 9.59 Å². The summed E-state index contributed by atoms with van der Waals surface area (Å²) in [6.45, 7) is 3.86. The van der Waals surface area contributed by atoms with Crippen LogP contribution < -0.4 is 11.1 Å². The van der Waals surface area contributed by atoms with Crippen LogP contribution in [-0.2, 0) is 4.79 Å². The molecule has 17 heavy (non-hydrogen) atoms. The van der Waals surface area contributed by atoms with Crippen LogP contribution in [0.5, 0.6) is 0 Å². The average Bonchev–Trinajstić information content (AvgIpc) is 2.28. The highest BCUT2D eigenvalue weighted by Crippen LogP contribution is 2.18. The number of carbonyl (C=O) groups is 2. The third-order valence-corrected chi connectivity index (χ3v) is 3.76. The van der Waals surface area contributed by atoms with Crippen molar-refractivity contribution in [1.29, 1.82) is 0 Å². The molecule has 1 aromatic carbocycles. The third kappa shape index (κ3) is 3.56. The highest BCUT2D eigenvalue weighted by molar-refractivity contribution is 9.10. The number of para-hydroxylation sites is 1. The van der Waals surface area contributed by atoms with Crippen LogP contribution in [0.2, 0.25) is 0 Å². The lowest BCUT2D eigenvalue weighted by Crippen LogP contribution is -2.28. The summed E-state index contributed by atoms with van der Waals surface area (Å²) in [6, 6.07) is 6.67. The van der Waals surface area contributed by atoms with Gasteiger partial charge in [-0.05, 0) is 18.1 Å². The van der Waals surface area contributed by atoms with Crippen LogP contribution in [0, 0.1) is 5.92 Å². The van der Waals surface area contributed by atoms with Gasteiger partial charge in [-0.3, -0.25) is 9.59 Å². The number of carbonyl (C=O) groups excluding carboxylic acids is 2. The molecule has 0 aliphatic rings. The maximum atomic E-state index is 11.8. The van der Waals surface area contributed by atoms with E-state index in [9.17, 15) is 9.59 Å². The molecule has 0 aromatic heterocycles. The molecule has 2 amide bonds. The van der Waals surface area contributed by atoms with E-state index in [4.69, 9.17) is 5.73 Å². The van der Waals surface area contributed by atoms with E-state index in [2.05, 4.69) is 21.2 Å². The molecule has 0 saturated heterocycles. The molecule has 0 fully saturated rings. The van der Waals surface area contributed by atoms with Crippen molar-refractivity contribution in [3.05, 3.63) is 29.8 Å². The molecule has 1 aromatic rings. The van der Waals surface area contributed by atoms with Gasteiger partial charge in [0.25, 0.3) is 5.91 Å². The van der Waals surface area contributed by atoms with Crippen LogP contribution in [-0.4, -0.2) is 16.6 Å². The number of nitrogens with two attached hydrogens (primary N) is 1. The molecule has 0 spiro atoms. The molecule has 1 unspecified atom stereocenters. The molecule has 1 atom stereocenters. The van der Waals surface area contributed by atoms with Crippen molar-refractivity contribution >= 4 is 33.4 Å². The Balaban J connectivity index is 2.89. The highest BCUT2D eigenvalue weighted by atomic mass is 79.9. The van der Waals surface area contributed by atoms with Crippen LogP contribution >= 0.6 is 15.9 Å². The maximum Gasteiger partial charge on any atom is 0.250 e. The molecule has 3 N–H and O–H groups in total. The van der Waals surface area contributed by atoms with Gasteiger partial charge in [-0.1, -0.05) is 41.9 Å². The first kappa shape index (κ1) is 13.7. The minimum atomic E-state index is -0.559. The summed E-state index contributed by atoms with van der Waals surface area (Å²) in [7, 11) is 0. The zero-order valence-corrected chi connectivity index (χ0v) is 11.3. The van der Waals surface area contributed by atoms with Crippen LogP contribution in [0.4, 0.5) is 5.69 Å². The Morgan fingerprint density at radius 2 is 1.88 bits per heavy atom. The zero-order valence-electron chi connectivity index (χ0n) is 9.74. The van der Waals surface area contributed by atoms with Gasteiger partial charge in [0.2, 0.25) is 5.91 Å². The lowest BCUT2D eigenvalue weighted by molar-refractivity contribution is -0.116. The summed E-state index contributed by atoms with van der Waals surface area (Å²) in [6.07, 6.45) is 0. The minimum Gasteiger partial charge on any atom is -0.366 e. The van der Waals surface area contributed by atoms with Gasteiger partial charge in [0.05, 0.1) is 16.1 Å². The fourth-order valence-electron chi connectivity index (χ4n) is 1.31. The van der Waals surface area contributed by atoms with Crippen molar-refractivity contribution in [2.24, 2.45) is 11.7 Å². The number of primary amides is 1. The molecular formula is C12H15BrN2O2. The fraction of sp³-hybridized carbons (Fsp3) is 0.333. The van der Waals surface area contributed by atoms with E-state index in [1.807, 2.05) is 13.8 Å². The quantitative estimate of drug-likeness (QED) is 0.836. The Hall–Kier alpha value is -1.36. The highest BCUT2D eigenvalue weighted by Gasteiger charge is 2.20. The van der Waals surface area contributed by atoms with E-state index in [1.165, 1.54) is 0 Å². The normalized spacial score (nSPS) is 12.2. The van der Waals surface area contributed by atoms with E-state index < -0.39 is 5.91 Å². The van der Waals surface area contributed by atoms with Gasteiger partial charge in [0.1, 0.15) is 0 Å². The SMILES string of the molecule is CC(C)C(Br)C(=O)Nc1ccccc1C(N)=O. The van der Waals surface area contributed by atoms with E-state index in [0.29, 0.717) is 11.3 Å². The van der Waals surface area contributed by atoms with Gasteiger partial charge < -0.3 is 11.1 Å². The van der Waals surface area contributed by atoms with Gasteiger partial charge in [-0.2, -0.15) is 0 Å². The monoisotopic (exact) mass is 298 g/mol. The summed E-state index contributed by atoms with van der Waals surface area (Å²) in [5.74, 6) is -0.582. The summed E-state index contributed by atoms with van der Waals surface area (Å²) in [5, 5.41) is 2.69. The van der Waals surface area contributed by atoms with Crippen molar-refractivity contribution in [1.82, 2.24) is 0 Å². The maximum absolute atomic E-state index is 11.8. The van der Waals surface area contributed by atoms with Crippen LogP contribution in [0.15, 0.2) is 24.3 Å². The first-order chi connectivity index (χ1) is 7.93. The topological polar surface area (TPSA) is 72.2 Å². The van der Waals surface area contributed by atoms with Crippen LogP contribution in [0.25, 0.3) is 0 Å². The molecule has 4 nitrogen and oxygen atoms in total. The molecule has 5 heteroatoms. The number of benzene rings is 1. The second-order valence-corrected chi connectivity index (χ2v) is 5.03. The number of amides is 2. The lowest BCUT2D eigenvalue weighted by atomic mass is 10.1. The van der Waals surface area contributed by atoms with Gasteiger partial charge in [0.15, 0.2) is 0 Å². The Kier molecular flexibility index (Phi) is 4.69. The van der Waals surface area contributed by atoms with Crippen LogP contribution in [0.3, 0.4) is 0 Å². The number of hydrogen-bond donors (Lipinski definition) is 2. The number of anilines is 1. The van der Waals surface area contributed by atoms with Gasteiger partial charge in [-0.15, -0.1) is 0 Å². The molecule has 0 aliphatic heterocycles. The second kappa shape index (κ2) is 5.82.